The number of anilines is 6. The van der Waals surface area contributed by atoms with Crippen LogP contribution in [-0.4, -0.2) is 9.13 Å². The molecule has 0 N–H and O–H groups in total. The Kier molecular flexibility index (Phi) is 23.1. The molecule has 0 spiro atoms. The molecule has 20 aromatic rings. The van der Waals surface area contributed by atoms with E-state index in [0.717, 1.165) is 47.0 Å². The Labute approximate surface area is 742 Å². The fourth-order valence-electron chi connectivity index (χ4n) is 18.0. The highest BCUT2D eigenvalue weighted by atomic mass is 15.1. The van der Waals surface area contributed by atoms with Crippen molar-refractivity contribution in [1.82, 2.24) is 9.13 Å². The van der Waals surface area contributed by atoms with Gasteiger partial charge in [0.15, 0.2) is 0 Å². The van der Waals surface area contributed by atoms with Crippen LogP contribution < -0.4 is 9.80 Å². The molecule has 612 valence electrons. The van der Waals surface area contributed by atoms with Crippen molar-refractivity contribution in [3.05, 3.63) is 459 Å². The molecule has 0 aliphatic rings. The Bertz CT molecular complexity index is 7000. The van der Waals surface area contributed by atoms with Crippen LogP contribution in [0, 0.1) is 0 Å². The van der Waals surface area contributed by atoms with Gasteiger partial charge in [-0.15, -0.1) is 0 Å². The van der Waals surface area contributed by atoms with Gasteiger partial charge in [-0.2, -0.15) is 0 Å². The summed E-state index contributed by atoms with van der Waals surface area (Å²) in [7, 11) is 0. The van der Waals surface area contributed by atoms with Gasteiger partial charge in [-0.1, -0.05) is 347 Å². The molecule has 18 aromatic carbocycles. The lowest BCUT2D eigenvalue weighted by Crippen LogP contribution is -2.09. The van der Waals surface area contributed by atoms with Crippen molar-refractivity contribution in [3.8, 4) is 100 Å². The van der Waals surface area contributed by atoms with Crippen molar-refractivity contribution in [2.24, 2.45) is 0 Å². The maximum atomic E-state index is 2.43. The van der Waals surface area contributed by atoms with E-state index in [9.17, 15) is 0 Å². The summed E-state index contributed by atoms with van der Waals surface area (Å²) in [6.07, 6.45) is 2.30. The smallest absolute Gasteiger partial charge is 0.0541 e. The van der Waals surface area contributed by atoms with Crippen molar-refractivity contribution in [2.45, 2.75) is 91.9 Å². The van der Waals surface area contributed by atoms with Crippen molar-refractivity contribution >= 4 is 77.7 Å². The summed E-state index contributed by atoms with van der Waals surface area (Å²) in [5.41, 5.74) is 38.7. The second-order valence-electron chi connectivity index (χ2n) is 34.4. The Morgan fingerprint density at radius 3 is 0.595 bits per heavy atom. The van der Waals surface area contributed by atoms with E-state index in [1.807, 2.05) is 0 Å². The molecule has 0 saturated carbocycles. The highest BCUT2D eigenvalue weighted by Crippen LogP contribution is 2.45. The standard InChI is InChI=1S/C67H56N2.C55H48N2/c1-5-47(4)49-16-18-52(19-17-49)53-20-22-56(23-21-53)58-32-42-66-64(44-58)65-45-59(33-43-67(65)69(66)63-34-24-48(25-35-63)46(2)3)57-30-40-62(41-31-57)68(60-36-26-54(27-37-60)50-12-8-6-9-13-50)61-38-28-55(29-39-61)51-14-10-7-11-15-51;1-5-39(4)41-16-18-42(19-17-41)43-20-22-44(23-21-43)46-28-34-54-52(36-46)53-37-47(29-35-55(53)57(54)51-30-24-40(25-31-51)38(2)3)45-26-32-50(33-27-45)56(48-12-8-6-9-13-48)49-14-10-7-11-15-49/h6-47H,5H2,1-4H3;6-39H,5H2,1-4H3. The molecule has 2 heterocycles. The fourth-order valence-corrected chi connectivity index (χ4v) is 18.0. The molecule has 2 atom stereocenters. The number of hydrogen-bond acceptors (Lipinski definition) is 2. The molecule has 20 rings (SSSR count). The molecule has 0 fully saturated rings. The van der Waals surface area contributed by atoms with Gasteiger partial charge in [-0.3, -0.25) is 0 Å². The molecular formula is C122H104N4. The molecule has 126 heavy (non-hydrogen) atoms. The average molecular weight is 1630 g/mol. The lowest BCUT2D eigenvalue weighted by Gasteiger charge is -2.26. The normalized spacial score (nSPS) is 12.0. The summed E-state index contributed by atoms with van der Waals surface area (Å²) in [5, 5.41) is 4.97. The van der Waals surface area contributed by atoms with E-state index in [2.05, 4.69) is 511 Å². The third kappa shape index (κ3) is 16.6. The third-order valence-electron chi connectivity index (χ3n) is 25.9. The van der Waals surface area contributed by atoms with E-state index in [1.54, 1.807) is 0 Å². The third-order valence-corrected chi connectivity index (χ3v) is 25.9. The van der Waals surface area contributed by atoms with E-state index < -0.39 is 0 Å². The lowest BCUT2D eigenvalue weighted by atomic mass is 9.95. The van der Waals surface area contributed by atoms with E-state index in [0.29, 0.717) is 23.7 Å². The molecule has 0 amide bonds. The number of fused-ring (bicyclic) bond motifs is 6. The Balaban J connectivity index is 0.000000168. The van der Waals surface area contributed by atoms with Gasteiger partial charge in [0.25, 0.3) is 0 Å². The summed E-state index contributed by atoms with van der Waals surface area (Å²) in [6.45, 7) is 18.1. The largest absolute Gasteiger partial charge is 0.311 e. The number of hydrogen-bond donors (Lipinski definition) is 0. The molecule has 0 radical (unpaired) electrons. The molecule has 2 unspecified atom stereocenters. The number of benzene rings is 18. The molecule has 0 aliphatic carbocycles. The van der Waals surface area contributed by atoms with Crippen LogP contribution in [0.15, 0.2) is 437 Å². The van der Waals surface area contributed by atoms with Gasteiger partial charge in [0, 0.05) is 67.0 Å². The monoisotopic (exact) mass is 1620 g/mol. The summed E-state index contributed by atoms with van der Waals surface area (Å²) >= 11 is 0. The van der Waals surface area contributed by atoms with E-state index in [4.69, 9.17) is 0 Å². The fraction of sp³-hybridized carbons (Fsp3) is 0.115. The van der Waals surface area contributed by atoms with Crippen LogP contribution in [0.5, 0.6) is 0 Å². The van der Waals surface area contributed by atoms with Crippen molar-refractivity contribution in [3.63, 3.8) is 0 Å². The zero-order valence-corrected chi connectivity index (χ0v) is 73.1. The van der Waals surface area contributed by atoms with Crippen LogP contribution in [0.2, 0.25) is 0 Å². The van der Waals surface area contributed by atoms with Gasteiger partial charge in [-0.25, -0.2) is 0 Å². The first-order valence-electron chi connectivity index (χ1n) is 44.8. The molecular weight excluding hydrogens is 1520 g/mol. The highest BCUT2D eigenvalue weighted by Gasteiger charge is 2.22. The first-order chi connectivity index (χ1) is 61.8. The minimum atomic E-state index is 0.469. The maximum absolute atomic E-state index is 2.43. The summed E-state index contributed by atoms with van der Waals surface area (Å²) < 4.78 is 4.86. The van der Waals surface area contributed by atoms with Gasteiger partial charge >= 0.3 is 0 Å². The van der Waals surface area contributed by atoms with Crippen LogP contribution in [0.4, 0.5) is 34.1 Å². The first-order valence-corrected chi connectivity index (χ1v) is 44.8. The molecule has 0 saturated heterocycles. The Hall–Kier alpha value is -14.8. The van der Waals surface area contributed by atoms with Crippen LogP contribution in [0.25, 0.3) is 144 Å². The van der Waals surface area contributed by atoms with Crippen molar-refractivity contribution < 1.29 is 0 Å². The number of aromatic nitrogens is 2. The van der Waals surface area contributed by atoms with Crippen molar-refractivity contribution in [1.29, 1.82) is 0 Å². The van der Waals surface area contributed by atoms with Gasteiger partial charge < -0.3 is 18.9 Å². The molecule has 2 aromatic heterocycles. The molecule has 4 nitrogen and oxygen atoms in total. The predicted molar refractivity (Wildman–Crippen MR) is 540 cm³/mol. The topological polar surface area (TPSA) is 16.3 Å². The van der Waals surface area contributed by atoms with Crippen LogP contribution in [0.1, 0.15) is 114 Å². The van der Waals surface area contributed by atoms with Gasteiger partial charge in [0.2, 0.25) is 0 Å². The minimum absolute atomic E-state index is 0.469. The van der Waals surface area contributed by atoms with Crippen LogP contribution in [-0.2, 0) is 0 Å². The summed E-state index contributed by atoms with van der Waals surface area (Å²) in [5.74, 6) is 2.10. The Morgan fingerprint density at radius 1 is 0.183 bits per heavy atom. The predicted octanol–water partition coefficient (Wildman–Crippen LogP) is 35.1. The number of rotatable bonds is 22. The second-order valence-corrected chi connectivity index (χ2v) is 34.4. The van der Waals surface area contributed by atoms with Crippen LogP contribution >= 0.6 is 0 Å². The lowest BCUT2D eigenvalue weighted by molar-refractivity contribution is 0.734. The molecule has 0 bridgehead atoms. The quantitative estimate of drug-likeness (QED) is 0.0672. The van der Waals surface area contributed by atoms with E-state index in [-0.39, 0.29) is 0 Å². The summed E-state index contributed by atoms with van der Waals surface area (Å²) in [4.78, 5) is 4.66. The first kappa shape index (κ1) is 80.9. The second kappa shape index (κ2) is 35.9. The zero-order valence-electron chi connectivity index (χ0n) is 73.1. The number of nitrogens with zero attached hydrogens (tertiary/aromatic N) is 4. The average Bonchev–Trinajstić information content (AvgIpc) is 1.59. The van der Waals surface area contributed by atoms with E-state index >= 15 is 0 Å². The zero-order chi connectivity index (χ0) is 85.7. The van der Waals surface area contributed by atoms with Crippen LogP contribution in [0.3, 0.4) is 0 Å². The SMILES string of the molecule is CCC(C)c1ccc(-c2ccc(-c3ccc4c(c3)c3cc(-c5ccc(N(c6ccc(-c7ccccc7)cc6)c6ccc(-c7ccccc7)cc6)cc5)ccc3n4-c3ccc(C(C)C)cc3)cc2)cc1.CCC(C)c1ccc(-c2ccc(-c3ccc4c(c3)c3cc(-c5ccc(N(c6ccccc6)c6ccccc6)cc5)ccc3n4-c3ccc(C(C)C)cc3)cc2)cc1. The van der Waals surface area contributed by atoms with Gasteiger partial charge in [-0.05, 0) is 293 Å². The molecule has 0 aliphatic heterocycles. The highest BCUT2D eigenvalue weighted by molar-refractivity contribution is 6.13. The summed E-state index contributed by atoms with van der Waals surface area (Å²) in [6, 6.07) is 161. The van der Waals surface area contributed by atoms with E-state index in [1.165, 1.54) is 166 Å². The van der Waals surface area contributed by atoms with Gasteiger partial charge in [0.05, 0.1) is 22.1 Å². The molecule has 4 heteroatoms. The van der Waals surface area contributed by atoms with Crippen molar-refractivity contribution in [2.75, 3.05) is 9.80 Å². The minimum Gasteiger partial charge on any atom is -0.311 e. The number of para-hydroxylation sites is 2. The Morgan fingerprint density at radius 2 is 0.365 bits per heavy atom. The van der Waals surface area contributed by atoms with Gasteiger partial charge in [0.1, 0.15) is 0 Å². The maximum Gasteiger partial charge on any atom is 0.0541 e.